The molecule has 7 nitrogen and oxygen atoms in total. The summed E-state index contributed by atoms with van der Waals surface area (Å²) >= 11 is 7.50. The predicted octanol–water partition coefficient (Wildman–Crippen LogP) is 0.704. The molecule has 2 rings (SSSR count). The summed E-state index contributed by atoms with van der Waals surface area (Å²) in [4.78, 5) is 12.7. The van der Waals surface area contributed by atoms with Gasteiger partial charge in [-0.3, -0.25) is 4.79 Å². The van der Waals surface area contributed by atoms with E-state index in [0.717, 1.165) is 12.0 Å². The van der Waals surface area contributed by atoms with Crippen LogP contribution in [0.4, 0.5) is 0 Å². The minimum absolute atomic E-state index is 0.235. The van der Waals surface area contributed by atoms with Crippen LogP contribution in [-0.2, 0) is 14.3 Å². The zero-order chi connectivity index (χ0) is 19.3. The molecule has 26 heavy (non-hydrogen) atoms. The first-order valence-corrected chi connectivity index (χ1v) is 10.3. The number of rotatable bonds is 6. The van der Waals surface area contributed by atoms with Crippen molar-refractivity contribution < 1.29 is 24.5 Å². The molecular weight excluding hydrogens is 380 g/mol. The summed E-state index contributed by atoms with van der Waals surface area (Å²) in [6.07, 6.45) is 3.26. The lowest BCUT2D eigenvalue weighted by Crippen LogP contribution is -2.62. The Morgan fingerprint density at radius 2 is 2.27 bits per heavy atom. The van der Waals surface area contributed by atoms with Gasteiger partial charge < -0.3 is 30.3 Å². The second kappa shape index (κ2) is 10.1. The average molecular weight is 407 g/mol. The maximum Gasteiger partial charge on any atom is 0.237 e. The zero-order valence-electron chi connectivity index (χ0n) is 14.9. The van der Waals surface area contributed by atoms with Crippen LogP contribution in [0.25, 0.3) is 0 Å². The highest BCUT2D eigenvalue weighted by molar-refractivity contribution is 7.98. The van der Waals surface area contributed by atoms with Gasteiger partial charge in [-0.1, -0.05) is 24.3 Å². The van der Waals surface area contributed by atoms with E-state index in [1.165, 1.54) is 11.8 Å². The summed E-state index contributed by atoms with van der Waals surface area (Å²) < 4.78 is 10.8. The number of halogens is 1. The van der Waals surface area contributed by atoms with Crippen molar-refractivity contribution in [1.29, 1.82) is 0 Å². The third-order valence-corrected chi connectivity index (χ3v) is 5.38. The molecule has 0 aromatic heterocycles. The highest BCUT2D eigenvalue weighted by atomic mass is 35.5. The van der Waals surface area contributed by atoms with Crippen molar-refractivity contribution in [2.24, 2.45) is 0 Å². The lowest BCUT2D eigenvalue weighted by molar-refractivity contribution is -0.308. The Hall–Kier alpha value is -0.610. The lowest BCUT2D eigenvalue weighted by atomic mass is 10.0. The highest BCUT2D eigenvalue weighted by Gasteiger charge is 2.44. The minimum Gasteiger partial charge on any atom is -0.385 e. The number of nitrogens with one attached hydrogen (secondary N) is 2. The van der Waals surface area contributed by atoms with Crippen molar-refractivity contribution in [2.75, 3.05) is 12.8 Å². The molecule has 2 aliphatic heterocycles. The van der Waals surface area contributed by atoms with Gasteiger partial charge in [-0.2, -0.15) is 0 Å². The average Bonchev–Trinajstić information content (AvgIpc) is 2.87. The molecule has 2 aliphatic rings. The van der Waals surface area contributed by atoms with Gasteiger partial charge in [0.2, 0.25) is 11.5 Å². The molecule has 6 unspecified atom stereocenters. The van der Waals surface area contributed by atoms with Gasteiger partial charge in [-0.15, -0.1) is 23.4 Å². The van der Waals surface area contributed by atoms with E-state index in [1.54, 1.807) is 19.3 Å². The SMILES string of the molecule is C=CC1=CCC(C(=O)NC(C(C)Cl)C2OC(SC)O[C@@H](O)C2O)NCC1. The monoisotopic (exact) mass is 406 g/mol. The van der Waals surface area contributed by atoms with E-state index < -0.39 is 41.6 Å². The number of ether oxygens (including phenoxy) is 2. The summed E-state index contributed by atoms with van der Waals surface area (Å²) in [5, 5.41) is 25.7. The molecule has 4 N–H and O–H groups in total. The first-order chi connectivity index (χ1) is 12.4. The van der Waals surface area contributed by atoms with Crippen LogP contribution in [-0.4, -0.2) is 70.5 Å². The summed E-state index contributed by atoms with van der Waals surface area (Å²) in [7, 11) is 0. The molecule has 1 saturated heterocycles. The first kappa shape index (κ1) is 21.7. The molecule has 0 radical (unpaired) electrons. The van der Waals surface area contributed by atoms with Gasteiger partial charge >= 0.3 is 0 Å². The summed E-state index contributed by atoms with van der Waals surface area (Å²) in [6, 6.07) is -1.11. The number of aliphatic hydroxyl groups excluding tert-OH is 2. The van der Waals surface area contributed by atoms with Crippen molar-refractivity contribution in [3.63, 3.8) is 0 Å². The topological polar surface area (TPSA) is 100 Å². The summed E-state index contributed by atoms with van der Waals surface area (Å²) in [6.45, 7) is 6.13. The number of carbonyl (C=O) groups is 1. The van der Waals surface area contributed by atoms with Crippen LogP contribution in [0.1, 0.15) is 19.8 Å². The van der Waals surface area contributed by atoms with Crippen molar-refractivity contribution in [2.45, 2.75) is 61.3 Å². The van der Waals surface area contributed by atoms with E-state index >= 15 is 0 Å². The van der Waals surface area contributed by atoms with Gasteiger partial charge in [-0.25, -0.2) is 0 Å². The fourth-order valence-corrected chi connectivity index (χ4v) is 3.63. The van der Waals surface area contributed by atoms with Gasteiger partial charge in [0.15, 0.2) is 6.29 Å². The van der Waals surface area contributed by atoms with Gasteiger partial charge in [0.05, 0.1) is 17.5 Å². The molecule has 9 heteroatoms. The van der Waals surface area contributed by atoms with Gasteiger partial charge in [0.1, 0.15) is 12.2 Å². The van der Waals surface area contributed by atoms with Crippen LogP contribution < -0.4 is 10.6 Å². The smallest absolute Gasteiger partial charge is 0.237 e. The second-order valence-electron chi connectivity index (χ2n) is 6.33. The third kappa shape index (κ3) is 5.45. The molecule has 1 fully saturated rings. The van der Waals surface area contributed by atoms with Crippen molar-refractivity contribution >= 4 is 29.3 Å². The van der Waals surface area contributed by atoms with Crippen molar-refractivity contribution in [1.82, 2.24) is 10.6 Å². The van der Waals surface area contributed by atoms with Crippen molar-refractivity contribution in [3.05, 3.63) is 24.3 Å². The number of thioether (sulfide) groups is 1. The van der Waals surface area contributed by atoms with E-state index in [-0.39, 0.29) is 5.91 Å². The van der Waals surface area contributed by atoms with E-state index in [2.05, 4.69) is 17.2 Å². The second-order valence-corrected chi connectivity index (χ2v) is 7.87. The fraction of sp³-hybridized carbons (Fsp3) is 0.706. The fourth-order valence-electron chi connectivity index (χ4n) is 2.96. The number of carbonyl (C=O) groups excluding carboxylic acids is 1. The molecule has 0 bridgehead atoms. The highest BCUT2D eigenvalue weighted by Crippen LogP contribution is 2.27. The Bertz CT molecular complexity index is 533. The Morgan fingerprint density at radius 3 is 2.88 bits per heavy atom. The Morgan fingerprint density at radius 1 is 1.54 bits per heavy atom. The molecule has 0 aromatic carbocycles. The predicted molar refractivity (Wildman–Crippen MR) is 102 cm³/mol. The summed E-state index contributed by atoms with van der Waals surface area (Å²) in [5.74, 6) is -0.235. The largest absolute Gasteiger partial charge is 0.385 e. The zero-order valence-corrected chi connectivity index (χ0v) is 16.5. The first-order valence-electron chi connectivity index (χ1n) is 8.56. The molecule has 0 aliphatic carbocycles. The molecule has 1 amide bonds. The molecule has 7 atom stereocenters. The summed E-state index contributed by atoms with van der Waals surface area (Å²) in [5.41, 5.74) is 0.353. The molecule has 0 saturated carbocycles. The van der Waals surface area contributed by atoms with Crippen LogP contribution in [0.15, 0.2) is 24.3 Å². The maximum atomic E-state index is 12.7. The van der Waals surface area contributed by atoms with E-state index in [1.807, 2.05) is 6.08 Å². The molecule has 148 valence electrons. The standard InChI is InChI=1S/C17H27ClN2O5S/c1-4-10-5-6-11(19-8-7-10)15(22)20-12(9(2)18)14-13(21)16(23)25-17(24-14)26-3/h4-5,9,11-14,16-17,19,21,23H,1,6-8H2,2-3H3,(H,20,22)/t9?,11?,12?,13?,14?,16-,17?/m1/s1. The van der Waals surface area contributed by atoms with E-state index in [4.69, 9.17) is 21.1 Å². The molecular formula is C17H27ClN2O5S. The number of alkyl halides is 1. The number of aliphatic hydroxyl groups is 2. The van der Waals surface area contributed by atoms with E-state index in [9.17, 15) is 15.0 Å². The normalized spacial score (nSPS) is 35.0. The molecule has 2 heterocycles. The molecule has 0 aromatic rings. The van der Waals surface area contributed by atoms with Crippen LogP contribution in [0.3, 0.4) is 0 Å². The van der Waals surface area contributed by atoms with Crippen LogP contribution >= 0.6 is 23.4 Å². The minimum atomic E-state index is -1.41. The van der Waals surface area contributed by atoms with E-state index in [0.29, 0.717) is 13.0 Å². The van der Waals surface area contributed by atoms with Crippen LogP contribution in [0.5, 0.6) is 0 Å². The number of amides is 1. The van der Waals surface area contributed by atoms with Crippen LogP contribution in [0, 0.1) is 0 Å². The number of hydrogen-bond donors (Lipinski definition) is 4. The number of hydrogen-bond acceptors (Lipinski definition) is 7. The molecule has 0 spiro atoms. The Kier molecular flexibility index (Phi) is 8.41. The quantitative estimate of drug-likeness (QED) is 0.482. The Labute approximate surface area is 163 Å². The van der Waals surface area contributed by atoms with Crippen LogP contribution in [0.2, 0.25) is 0 Å². The maximum absolute atomic E-state index is 12.7. The van der Waals surface area contributed by atoms with Gasteiger partial charge in [-0.05, 0) is 32.6 Å². The Balaban J connectivity index is 2.08. The lowest BCUT2D eigenvalue weighted by Gasteiger charge is -2.41. The van der Waals surface area contributed by atoms with Gasteiger partial charge in [0, 0.05) is 0 Å². The third-order valence-electron chi connectivity index (χ3n) is 4.50. The number of allylic oxidation sites excluding steroid dienone is 1. The van der Waals surface area contributed by atoms with Crippen molar-refractivity contribution in [3.8, 4) is 0 Å². The van der Waals surface area contributed by atoms with Gasteiger partial charge in [0.25, 0.3) is 0 Å².